The van der Waals surface area contributed by atoms with Gasteiger partial charge in [-0.2, -0.15) is 0 Å². The minimum Gasteiger partial charge on any atom is -0.497 e. The Morgan fingerprint density at radius 2 is 1.81 bits per heavy atom. The molecular formula is C22H24N2O3. The van der Waals surface area contributed by atoms with Crippen molar-refractivity contribution in [3.8, 4) is 22.8 Å². The Morgan fingerprint density at radius 1 is 1.04 bits per heavy atom. The first-order chi connectivity index (χ1) is 13.0. The van der Waals surface area contributed by atoms with E-state index in [0.717, 1.165) is 40.4 Å². The normalized spacial score (nSPS) is 10.6. The molecule has 0 aliphatic carbocycles. The van der Waals surface area contributed by atoms with Crippen molar-refractivity contribution in [1.82, 2.24) is 4.57 Å². The number of aromatic nitrogens is 1. The predicted molar refractivity (Wildman–Crippen MR) is 106 cm³/mol. The zero-order chi connectivity index (χ0) is 19.4. The van der Waals surface area contributed by atoms with Crippen LogP contribution in [0.5, 0.6) is 11.5 Å². The number of nitrogens with two attached hydrogens (primary N) is 1. The SMILES string of the molecule is COc1cccc(CCn2c(-c3ccccc3OC)cc(C(N)=O)c2C)c1. The van der Waals surface area contributed by atoms with Crippen LogP contribution in [0, 0.1) is 6.92 Å². The summed E-state index contributed by atoms with van der Waals surface area (Å²) in [4.78, 5) is 11.9. The summed E-state index contributed by atoms with van der Waals surface area (Å²) in [5, 5.41) is 0. The van der Waals surface area contributed by atoms with E-state index in [-0.39, 0.29) is 0 Å². The smallest absolute Gasteiger partial charge is 0.250 e. The van der Waals surface area contributed by atoms with Crippen molar-refractivity contribution in [1.29, 1.82) is 0 Å². The molecule has 3 rings (SSSR count). The molecular weight excluding hydrogens is 340 g/mol. The molecule has 0 spiro atoms. The minimum atomic E-state index is -0.427. The summed E-state index contributed by atoms with van der Waals surface area (Å²) in [5.74, 6) is 1.16. The highest BCUT2D eigenvalue weighted by Crippen LogP contribution is 2.33. The highest BCUT2D eigenvalue weighted by Gasteiger charge is 2.18. The van der Waals surface area contributed by atoms with Gasteiger partial charge in [-0.1, -0.05) is 24.3 Å². The largest absolute Gasteiger partial charge is 0.497 e. The maximum absolute atomic E-state index is 11.9. The number of ether oxygens (including phenoxy) is 2. The third-order valence-corrected chi connectivity index (χ3v) is 4.77. The third kappa shape index (κ3) is 3.82. The Bertz CT molecular complexity index is 960. The second-order valence-corrected chi connectivity index (χ2v) is 6.35. The van der Waals surface area contributed by atoms with E-state index in [1.54, 1.807) is 14.2 Å². The Morgan fingerprint density at radius 3 is 2.52 bits per heavy atom. The number of primary amides is 1. The van der Waals surface area contributed by atoms with Gasteiger partial charge in [0.2, 0.25) is 0 Å². The van der Waals surface area contributed by atoms with Crippen LogP contribution < -0.4 is 15.2 Å². The van der Waals surface area contributed by atoms with Gasteiger partial charge in [0.05, 0.1) is 25.5 Å². The molecule has 1 aromatic heterocycles. The number of carbonyl (C=O) groups excluding carboxylic acids is 1. The summed E-state index contributed by atoms with van der Waals surface area (Å²) in [7, 11) is 3.30. The molecule has 0 atom stereocenters. The Hall–Kier alpha value is -3.21. The molecule has 140 valence electrons. The van der Waals surface area contributed by atoms with Crippen LogP contribution in [-0.4, -0.2) is 24.7 Å². The summed E-state index contributed by atoms with van der Waals surface area (Å²) in [6, 6.07) is 17.6. The van der Waals surface area contributed by atoms with Crippen LogP contribution >= 0.6 is 0 Å². The third-order valence-electron chi connectivity index (χ3n) is 4.77. The molecule has 5 nitrogen and oxygen atoms in total. The van der Waals surface area contributed by atoms with Gasteiger partial charge in [-0.25, -0.2) is 0 Å². The highest BCUT2D eigenvalue weighted by molar-refractivity contribution is 5.96. The first kappa shape index (κ1) is 18.6. The summed E-state index contributed by atoms with van der Waals surface area (Å²) in [5.41, 5.74) is 9.98. The van der Waals surface area contributed by atoms with Crippen LogP contribution in [0.25, 0.3) is 11.3 Å². The van der Waals surface area contributed by atoms with Crippen LogP contribution in [-0.2, 0) is 13.0 Å². The number of benzene rings is 2. The number of nitrogens with zero attached hydrogens (tertiary/aromatic N) is 1. The molecule has 0 fully saturated rings. The molecule has 0 aliphatic rings. The number of hydrogen-bond donors (Lipinski definition) is 1. The first-order valence-electron chi connectivity index (χ1n) is 8.81. The van der Waals surface area contributed by atoms with Crippen molar-refractivity contribution in [2.45, 2.75) is 19.9 Å². The summed E-state index contributed by atoms with van der Waals surface area (Å²) in [6.45, 7) is 2.63. The van der Waals surface area contributed by atoms with E-state index in [4.69, 9.17) is 15.2 Å². The molecule has 0 saturated carbocycles. The Balaban J connectivity index is 2.01. The van der Waals surface area contributed by atoms with Crippen molar-refractivity contribution < 1.29 is 14.3 Å². The van der Waals surface area contributed by atoms with E-state index in [1.165, 1.54) is 0 Å². The lowest BCUT2D eigenvalue weighted by molar-refractivity contribution is 0.0999. The van der Waals surface area contributed by atoms with E-state index >= 15 is 0 Å². The van der Waals surface area contributed by atoms with Crippen molar-refractivity contribution in [3.63, 3.8) is 0 Å². The maximum atomic E-state index is 11.9. The van der Waals surface area contributed by atoms with Gasteiger partial charge in [0, 0.05) is 17.8 Å². The molecule has 5 heteroatoms. The maximum Gasteiger partial charge on any atom is 0.250 e. The lowest BCUT2D eigenvalue weighted by Gasteiger charge is -2.14. The number of para-hydroxylation sites is 1. The standard InChI is InChI=1S/C22H24N2O3/c1-15-19(22(23)25)14-20(18-9-4-5-10-21(18)27-3)24(15)12-11-16-7-6-8-17(13-16)26-2/h4-10,13-14H,11-12H2,1-3H3,(H2,23,25). The van der Waals surface area contributed by atoms with E-state index in [2.05, 4.69) is 10.6 Å². The number of methoxy groups -OCH3 is 2. The van der Waals surface area contributed by atoms with Crippen molar-refractivity contribution >= 4 is 5.91 Å². The summed E-state index contributed by atoms with van der Waals surface area (Å²) in [6.07, 6.45) is 0.799. The fourth-order valence-corrected chi connectivity index (χ4v) is 3.33. The highest BCUT2D eigenvalue weighted by atomic mass is 16.5. The van der Waals surface area contributed by atoms with Gasteiger partial charge in [0.15, 0.2) is 0 Å². The number of amides is 1. The van der Waals surface area contributed by atoms with Gasteiger partial charge in [-0.15, -0.1) is 0 Å². The van der Waals surface area contributed by atoms with Crippen LogP contribution in [0.3, 0.4) is 0 Å². The molecule has 0 bridgehead atoms. The number of carbonyl (C=O) groups is 1. The fraction of sp³-hybridized carbons (Fsp3) is 0.227. The second-order valence-electron chi connectivity index (χ2n) is 6.35. The van der Waals surface area contributed by atoms with Gasteiger partial charge in [0.25, 0.3) is 5.91 Å². The van der Waals surface area contributed by atoms with E-state index in [9.17, 15) is 4.79 Å². The van der Waals surface area contributed by atoms with Crippen LogP contribution in [0.15, 0.2) is 54.6 Å². The lowest BCUT2D eigenvalue weighted by Crippen LogP contribution is -2.13. The second kappa shape index (κ2) is 7.99. The van der Waals surface area contributed by atoms with E-state index in [1.807, 2.05) is 55.5 Å². The van der Waals surface area contributed by atoms with Crippen LogP contribution in [0.2, 0.25) is 0 Å². The topological polar surface area (TPSA) is 66.5 Å². The van der Waals surface area contributed by atoms with Crippen molar-refractivity contribution in [2.75, 3.05) is 14.2 Å². The van der Waals surface area contributed by atoms with E-state index in [0.29, 0.717) is 12.1 Å². The molecule has 0 radical (unpaired) electrons. The average Bonchev–Trinajstić information content (AvgIpc) is 3.03. The monoisotopic (exact) mass is 364 g/mol. The Labute approximate surface area is 159 Å². The zero-order valence-electron chi connectivity index (χ0n) is 15.9. The number of aryl methyl sites for hydroxylation is 1. The summed E-state index contributed by atoms with van der Waals surface area (Å²) < 4.78 is 12.9. The Kier molecular flexibility index (Phi) is 5.50. The minimum absolute atomic E-state index is 0.427. The zero-order valence-corrected chi connectivity index (χ0v) is 15.9. The molecule has 0 aliphatic heterocycles. The molecule has 2 aromatic carbocycles. The van der Waals surface area contributed by atoms with Gasteiger partial charge in [0.1, 0.15) is 11.5 Å². The van der Waals surface area contributed by atoms with Crippen molar-refractivity contribution in [2.24, 2.45) is 5.73 Å². The van der Waals surface area contributed by atoms with Crippen molar-refractivity contribution in [3.05, 3.63) is 71.4 Å². The summed E-state index contributed by atoms with van der Waals surface area (Å²) >= 11 is 0. The van der Waals surface area contributed by atoms with E-state index < -0.39 is 5.91 Å². The molecule has 3 aromatic rings. The van der Waals surface area contributed by atoms with Crippen LogP contribution in [0.1, 0.15) is 21.6 Å². The molecule has 27 heavy (non-hydrogen) atoms. The molecule has 1 heterocycles. The lowest BCUT2D eigenvalue weighted by atomic mass is 10.1. The van der Waals surface area contributed by atoms with Gasteiger partial charge in [-0.05, 0) is 49.2 Å². The molecule has 0 saturated heterocycles. The fourth-order valence-electron chi connectivity index (χ4n) is 3.33. The first-order valence-corrected chi connectivity index (χ1v) is 8.81. The average molecular weight is 364 g/mol. The number of hydrogen-bond acceptors (Lipinski definition) is 3. The van der Waals surface area contributed by atoms with Gasteiger partial charge >= 0.3 is 0 Å². The van der Waals surface area contributed by atoms with Gasteiger partial charge < -0.3 is 19.8 Å². The van der Waals surface area contributed by atoms with Crippen LogP contribution in [0.4, 0.5) is 0 Å². The molecule has 1 amide bonds. The number of rotatable bonds is 7. The predicted octanol–water partition coefficient (Wildman–Crippen LogP) is 3.82. The molecule has 0 unspecified atom stereocenters. The molecule has 2 N–H and O–H groups in total. The van der Waals surface area contributed by atoms with Gasteiger partial charge in [-0.3, -0.25) is 4.79 Å². The quantitative estimate of drug-likeness (QED) is 0.693.